The number of fused-ring (bicyclic) bond motifs is 1. The number of aromatic nitrogens is 1. The Kier molecular flexibility index (Phi) is 4.29. The van der Waals surface area contributed by atoms with Crippen LogP contribution >= 0.6 is 0 Å². The summed E-state index contributed by atoms with van der Waals surface area (Å²) < 4.78 is 5.66. The molecule has 2 aromatic carbocycles. The lowest BCUT2D eigenvalue weighted by Crippen LogP contribution is -2.29. The molecule has 0 saturated heterocycles. The lowest BCUT2D eigenvalue weighted by Gasteiger charge is -2.13. The maximum Gasteiger partial charge on any atom is 0.269 e. The number of nitro benzene ring substituents is 1. The highest BCUT2D eigenvalue weighted by molar-refractivity contribution is 6.21. The predicted molar refractivity (Wildman–Crippen MR) is 98.1 cm³/mol. The number of amides is 2. The van der Waals surface area contributed by atoms with E-state index in [4.69, 9.17) is 4.74 Å². The molecule has 2 heterocycles. The summed E-state index contributed by atoms with van der Waals surface area (Å²) in [6.45, 7) is 0.138. The number of imide groups is 1. The molecule has 2 amide bonds. The molecule has 1 aromatic heterocycles. The van der Waals surface area contributed by atoms with Crippen LogP contribution in [0.1, 0.15) is 26.3 Å². The average molecular weight is 375 g/mol. The van der Waals surface area contributed by atoms with Crippen molar-refractivity contribution in [1.82, 2.24) is 9.88 Å². The molecular weight excluding hydrogens is 362 g/mol. The van der Waals surface area contributed by atoms with Crippen molar-refractivity contribution >= 4 is 17.5 Å². The lowest BCUT2D eigenvalue weighted by molar-refractivity contribution is -0.384. The minimum absolute atomic E-state index is 0.0480. The van der Waals surface area contributed by atoms with Gasteiger partial charge in [-0.2, -0.15) is 0 Å². The van der Waals surface area contributed by atoms with Gasteiger partial charge in [-0.1, -0.05) is 6.07 Å². The van der Waals surface area contributed by atoms with Crippen LogP contribution in [0.15, 0.2) is 67.0 Å². The lowest BCUT2D eigenvalue weighted by atomic mass is 10.1. The highest BCUT2D eigenvalue weighted by atomic mass is 16.6. The molecule has 1 aliphatic heterocycles. The van der Waals surface area contributed by atoms with Crippen molar-refractivity contribution in [1.29, 1.82) is 0 Å². The molecular formula is C20H13N3O5. The van der Waals surface area contributed by atoms with Gasteiger partial charge in [-0.05, 0) is 42.0 Å². The van der Waals surface area contributed by atoms with Gasteiger partial charge in [0.1, 0.15) is 11.5 Å². The highest BCUT2D eigenvalue weighted by Gasteiger charge is 2.35. The summed E-state index contributed by atoms with van der Waals surface area (Å²) in [6, 6.07) is 13.7. The molecule has 1 aliphatic rings. The maximum atomic E-state index is 12.7. The largest absolute Gasteiger partial charge is 0.457 e. The van der Waals surface area contributed by atoms with E-state index in [1.54, 1.807) is 36.7 Å². The van der Waals surface area contributed by atoms with E-state index in [1.807, 2.05) is 0 Å². The Labute approximate surface area is 159 Å². The van der Waals surface area contributed by atoms with Crippen LogP contribution in [0.3, 0.4) is 0 Å². The molecule has 28 heavy (non-hydrogen) atoms. The third kappa shape index (κ3) is 3.18. The smallest absolute Gasteiger partial charge is 0.269 e. The topological polar surface area (TPSA) is 103 Å². The molecule has 0 unspecified atom stereocenters. The zero-order valence-corrected chi connectivity index (χ0v) is 14.4. The molecule has 0 saturated carbocycles. The second-order valence-corrected chi connectivity index (χ2v) is 6.12. The monoisotopic (exact) mass is 375 g/mol. The summed E-state index contributed by atoms with van der Waals surface area (Å²) in [5.41, 5.74) is 1.27. The van der Waals surface area contributed by atoms with E-state index in [0.717, 1.165) is 10.5 Å². The zero-order chi connectivity index (χ0) is 19.7. The Bertz CT molecular complexity index is 1080. The van der Waals surface area contributed by atoms with Crippen LogP contribution in [0, 0.1) is 10.1 Å². The maximum absolute atomic E-state index is 12.7. The Morgan fingerprint density at radius 3 is 2.36 bits per heavy atom. The molecule has 0 spiro atoms. The Hall–Kier alpha value is -4.07. The first-order valence-corrected chi connectivity index (χ1v) is 8.34. The third-order valence-electron chi connectivity index (χ3n) is 4.29. The number of nitrogens with zero attached hydrogens (tertiary/aromatic N) is 3. The van der Waals surface area contributed by atoms with Crippen LogP contribution in [-0.2, 0) is 6.54 Å². The van der Waals surface area contributed by atoms with E-state index in [-0.39, 0.29) is 23.7 Å². The molecule has 8 nitrogen and oxygen atoms in total. The van der Waals surface area contributed by atoms with Gasteiger partial charge in [0, 0.05) is 24.5 Å². The molecule has 4 rings (SSSR count). The summed E-state index contributed by atoms with van der Waals surface area (Å²) in [7, 11) is 0. The Morgan fingerprint density at radius 2 is 1.68 bits per heavy atom. The molecule has 8 heteroatoms. The molecule has 0 N–H and O–H groups in total. The van der Waals surface area contributed by atoms with Crippen molar-refractivity contribution in [3.05, 3.63) is 93.8 Å². The van der Waals surface area contributed by atoms with Crippen LogP contribution in [0.2, 0.25) is 0 Å². The van der Waals surface area contributed by atoms with Crippen molar-refractivity contribution < 1.29 is 19.2 Å². The van der Waals surface area contributed by atoms with Crippen molar-refractivity contribution in [3.8, 4) is 11.5 Å². The van der Waals surface area contributed by atoms with E-state index >= 15 is 0 Å². The Balaban J connectivity index is 1.55. The molecule has 0 atom stereocenters. The standard InChI is InChI=1S/C20H13N3O5/c24-19-17-8-7-16(28-15-5-3-14(4-6-15)23(26)27)10-18(17)20(25)22(19)12-13-2-1-9-21-11-13/h1-11H,12H2. The van der Waals surface area contributed by atoms with Gasteiger partial charge in [0.15, 0.2) is 0 Å². The van der Waals surface area contributed by atoms with Gasteiger partial charge >= 0.3 is 0 Å². The number of hydrogen-bond donors (Lipinski definition) is 0. The van der Waals surface area contributed by atoms with E-state index in [2.05, 4.69) is 4.98 Å². The van der Waals surface area contributed by atoms with Crippen molar-refractivity contribution in [2.45, 2.75) is 6.54 Å². The average Bonchev–Trinajstić information content (AvgIpc) is 2.94. The highest BCUT2D eigenvalue weighted by Crippen LogP contribution is 2.30. The van der Waals surface area contributed by atoms with Crippen molar-refractivity contribution in [3.63, 3.8) is 0 Å². The van der Waals surface area contributed by atoms with Gasteiger partial charge in [0.25, 0.3) is 17.5 Å². The fourth-order valence-corrected chi connectivity index (χ4v) is 2.92. The van der Waals surface area contributed by atoms with Crippen LogP contribution in [0.25, 0.3) is 0 Å². The summed E-state index contributed by atoms with van der Waals surface area (Å²) in [6.07, 6.45) is 3.22. The van der Waals surface area contributed by atoms with E-state index in [0.29, 0.717) is 17.1 Å². The van der Waals surface area contributed by atoms with E-state index < -0.39 is 10.8 Å². The summed E-state index contributed by atoms with van der Waals surface area (Å²) in [5.74, 6) is -0.0322. The number of carbonyl (C=O) groups is 2. The number of rotatable bonds is 5. The summed E-state index contributed by atoms with van der Waals surface area (Å²) in [4.78, 5) is 40.6. The molecule has 3 aromatic rings. The Morgan fingerprint density at radius 1 is 0.964 bits per heavy atom. The minimum atomic E-state index is -0.500. The number of nitro groups is 1. The van der Waals surface area contributed by atoms with Crippen molar-refractivity contribution in [2.75, 3.05) is 0 Å². The first-order valence-electron chi connectivity index (χ1n) is 8.34. The number of hydrogen-bond acceptors (Lipinski definition) is 6. The second-order valence-electron chi connectivity index (χ2n) is 6.12. The SMILES string of the molecule is O=C1c2ccc(Oc3ccc([N+](=O)[O-])cc3)cc2C(=O)N1Cc1cccnc1. The fraction of sp³-hybridized carbons (Fsp3) is 0.0500. The predicted octanol–water partition coefficient (Wildman–Crippen LogP) is 3.58. The first kappa shape index (κ1) is 17.3. The molecule has 138 valence electrons. The number of benzene rings is 2. The second kappa shape index (κ2) is 6.92. The van der Waals surface area contributed by atoms with Gasteiger partial charge in [-0.25, -0.2) is 0 Å². The summed E-state index contributed by atoms with van der Waals surface area (Å²) >= 11 is 0. The zero-order valence-electron chi connectivity index (χ0n) is 14.4. The van der Waals surface area contributed by atoms with Crippen LogP contribution in [0.5, 0.6) is 11.5 Å². The molecule has 0 aliphatic carbocycles. The van der Waals surface area contributed by atoms with Crippen LogP contribution < -0.4 is 4.74 Å². The van der Waals surface area contributed by atoms with Gasteiger partial charge in [0.05, 0.1) is 22.6 Å². The van der Waals surface area contributed by atoms with E-state index in [9.17, 15) is 19.7 Å². The van der Waals surface area contributed by atoms with Gasteiger partial charge < -0.3 is 4.74 Å². The number of non-ortho nitro benzene ring substituents is 1. The number of ether oxygens (including phenoxy) is 1. The van der Waals surface area contributed by atoms with Crippen molar-refractivity contribution in [2.24, 2.45) is 0 Å². The third-order valence-corrected chi connectivity index (χ3v) is 4.29. The molecule has 0 fully saturated rings. The van der Waals surface area contributed by atoms with E-state index in [1.165, 1.54) is 30.3 Å². The fourth-order valence-electron chi connectivity index (χ4n) is 2.92. The van der Waals surface area contributed by atoms with Gasteiger partial charge in [-0.15, -0.1) is 0 Å². The minimum Gasteiger partial charge on any atom is -0.457 e. The van der Waals surface area contributed by atoms with Crippen LogP contribution in [-0.4, -0.2) is 26.6 Å². The van der Waals surface area contributed by atoms with Gasteiger partial charge in [0.2, 0.25) is 0 Å². The van der Waals surface area contributed by atoms with Crippen LogP contribution in [0.4, 0.5) is 5.69 Å². The van der Waals surface area contributed by atoms with Gasteiger partial charge in [-0.3, -0.25) is 29.6 Å². The molecule has 0 bridgehead atoms. The molecule has 0 radical (unpaired) electrons. The number of carbonyl (C=O) groups excluding carboxylic acids is 2. The normalized spacial score (nSPS) is 12.8. The summed E-state index contributed by atoms with van der Waals surface area (Å²) in [5, 5.41) is 10.7. The first-order chi connectivity index (χ1) is 13.5. The quantitative estimate of drug-likeness (QED) is 0.384. The number of pyridine rings is 1.